The number of aromatic nitrogens is 4. The SMILES string of the molecule is CNC(=O)c1ccc(-c2nc3sc4cc(C(N)=O)ccc4n3c2CCCn2nc(C)cc2C)cc1. The van der Waals surface area contributed by atoms with E-state index < -0.39 is 5.91 Å². The van der Waals surface area contributed by atoms with Gasteiger partial charge in [-0.25, -0.2) is 4.98 Å². The molecule has 0 spiro atoms. The first-order valence-corrected chi connectivity index (χ1v) is 12.2. The van der Waals surface area contributed by atoms with Crippen molar-refractivity contribution in [3.05, 3.63) is 76.7 Å². The van der Waals surface area contributed by atoms with Crippen LogP contribution in [-0.4, -0.2) is 38.0 Å². The second-order valence-electron chi connectivity index (χ2n) is 8.58. The molecular formula is C26H26N6O2S. The summed E-state index contributed by atoms with van der Waals surface area (Å²) in [6.45, 7) is 4.87. The molecule has 2 aromatic carbocycles. The summed E-state index contributed by atoms with van der Waals surface area (Å²) in [5.41, 5.74) is 12.7. The second-order valence-corrected chi connectivity index (χ2v) is 9.59. The molecule has 5 aromatic rings. The zero-order valence-corrected chi connectivity index (χ0v) is 20.6. The van der Waals surface area contributed by atoms with Crippen molar-refractivity contribution in [3.63, 3.8) is 0 Å². The van der Waals surface area contributed by atoms with Crippen LogP contribution in [0, 0.1) is 13.8 Å². The van der Waals surface area contributed by atoms with Gasteiger partial charge in [0, 0.05) is 36.0 Å². The quantitative estimate of drug-likeness (QED) is 0.361. The molecule has 5 rings (SSSR count). The van der Waals surface area contributed by atoms with Crippen LogP contribution >= 0.6 is 11.3 Å². The third-order valence-corrected chi connectivity index (χ3v) is 7.17. The summed E-state index contributed by atoms with van der Waals surface area (Å²) in [4.78, 5) is 29.5. The maximum Gasteiger partial charge on any atom is 0.251 e. The highest BCUT2D eigenvalue weighted by molar-refractivity contribution is 7.23. The summed E-state index contributed by atoms with van der Waals surface area (Å²) < 4.78 is 5.18. The number of fused-ring (bicyclic) bond motifs is 3. The molecule has 3 N–H and O–H groups in total. The number of amides is 2. The Hall–Kier alpha value is -3.98. The van der Waals surface area contributed by atoms with E-state index in [1.807, 2.05) is 48.0 Å². The molecule has 8 nitrogen and oxygen atoms in total. The normalized spacial score (nSPS) is 11.4. The molecule has 0 saturated carbocycles. The number of benzene rings is 2. The number of nitrogens with zero attached hydrogens (tertiary/aromatic N) is 4. The first-order chi connectivity index (χ1) is 16.9. The highest BCUT2D eigenvalue weighted by Crippen LogP contribution is 2.34. The van der Waals surface area contributed by atoms with Gasteiger partial charge in [0.2, 0.25) is 5.91 Å². The Labute approximate surface area is 206 Å². The maximum atomic E-state index is 12.0. The fraction of sp³-hybridized carbons (Fsp3) is 0.231. The first kappa shape index (κ1) is 22.8. The van der Waals surface area contributed by atoms with Crippen molar-refractivity contribution in [2.24, 2.45) is 5.73 Å². The Bertz CT molecular complexity index is 1580. The Morgan fingerprint density at radius 3 is 2.46 bits per heavy atom. The van der Waals surface area contributed by atoms with Gasteiger partial charge in [0.1, 0.15) is 0 Å². The molecule has 0 saturated heterocycles. The number of carbonyl (C=O) groups is 2. The average molecular weight is 487 g/mol. The van der Waals surface area contributed by atoms with Crippen LogP contribution in [0.4, 0.5) is 0 Å². The largest absolute Gasteiger partial charge is 0.366 e. The van der Waals surface area contributed by atoms with Crippen LogP contribution in [0.1, 0.15) is 44.2 Å². The summed E-state index contributed by atoms with van der Waals surface area (Å²) in [6.07, 6.45) is 1.67. The summed E-state index contributed by atoms with van der Waals surface area (Å²) in [5, 5.41) is 7.24. The van der Waals surface area contributed by atoms with Gasteiger partial charge in [0.05, 0.1) is 27.3 Å². The highest BCUT2D eigenvalue weighted by Gasteiger charge is 2.19. The van der Waals surface area contributed by atoms with Crippen molar-refractivity contribution in [1.29, 1.82) is 0 Å². The zero-order chi connectivity index (χ0) is 24.7. The van der Waals surface area contributed by atoms with E-state index in [2.05, 4.69) is 27.8 Å². The lowest BCUT2D eigenvalue weighted by atomic mass is 10.0. The number of rotatable bonds is 7. The third-order valence-electron chi connectivity index (χ3n) is 6.16. The number of nitrogens with two attached hydrogens (primary N) is 1. The van der Waals surface area contributed by atoms with Crippen LogP contribution in [0.15, 0.2) is 48.5 Å². The van der Waals surface area contributed by atoms with Gasteiger partial charge in [-0.15, -0.1) is 0 Å². The molecule has 35 heavy (non-hydrogen) atoms. The van der Waals surface area contributed by atoms with Crippen LogP contribution in [0.5, 0.6) is 0 Å². The Kier molecular flexibility index (Phi) is 5.86. The van der Waals surface area contributed by atoms with Gasteiger partial charge in [0.15, 0.2) is 4.96 Å². The number of thiazole rings is 1. The number of imidazole rings is 1. The molecule has 0 aliphatic heterocycles. The molecule has 0 fully saturated rings. The summed E-state index contributed by atoms with van der Waals surface area (Å²) >= 11 is 1.53. The molecule has 0 aliphatic rings. The van der Waals surface area contributed by atoms with Crippen LogP contribution in [0.3, 0.4) is 0 Å². The molecule has 9 heteroatoms. The fourth-order valence-electron chi connectivity index (χ4n) is 4.46. The van der Waals surface area contributed by atoms with Gasteiger partial charge < -0.3 is 11.1 Å². The summed E-state index contributed by atoms with van der Waals surface area (Å²) in [7, 11) is 1.62. The van der Waals surface area contributed by atoms with Crippen LogP contribution < -0.4 is 11.1 Å². The van der Waals surface area contributed by atoms with E-state index in [1.54, 1.807) is 13.1 Å². The second kappa shape index (κ2) is 8.99. The van der Waals surface area contributed by atoms with Gasteiger partial charge in [-0.3, -0.25) is 18.7 Å². The lowest BCUT2D eigenvalue weighted by molar-refractivity contribution is 0.0961. The minimum absolute atomic E-state index is 0.122. The van der Waals surface area contributed by atoms with Gasteiger partial charge in [-0.1, -0.05) is 23.5 Å². The van der Waals surface area contributed by atoms with Crippen LogP contribution in [-0.2, 0) is 13.0 Å². The maximum absolute atomic E-state index is 12.0. The molecule has 0 bridgehead atoms. The van der Waals surface area contributed by atoms with E-state index in [1.165, 1.54) is 11.3 Å². The van der Waals surface area contributed by atoms with E-state index >= 15 is 0 Å². The molecule has 0 unspecified atom stereocenters. The molecule has 2 amide bonds. The number of hydrogen-bond donors (Lipinski definition) is 2. The van der Waals surface area contributed by atoms with Crippen molar-refractivity contribution in [1.82, 2.24) is 24.5 Å². The van der Waals surface area contributed by atoms with Crippen molar-refractivity contribution in [2.75, 3.05) is 7.05 Å². The van der Waals surface area contributed by atoms with Crippen molar-refractivity contribution >= 4 is 38.3 Å². The highest BCUT2D eigenvalue weighted by atomic mass is 32.1. The minimum Gasteiger partial charge on any atom is -0.366 e. The van der Waals surface area contributed by atoms with Gasteiger partial charge in [0.25, 0.3) is 5.91 Å². The number of primary amides is 1. The van der Waals surface area contributed by atoms with Crippen LogP contribution in [0.2, 0.25) is 0 Å². The Morgan fingerprint density at radius 2 is 1.80 bits per heavy atom. The molecule has 0 aliphatic carbocycles. The molecule has 0 radical (unpaired) electrons. The third kappa shape index (κ3) is 4.19. The number of nitrogens with one attached hydrogen (secondary N) is 1. The van der Waals surface area contributed by atoms with E-state index in [9.17, 15) is 9.59 Å². The number of carbonyl (C=O) groups excluding carboxylic acids is 2. The summed E-state index contributed by atoms with van der Waals surface area (Å²) in [6, 6.07) is 15.1. The smallest absolute Gasteiger partial charge is 0.251 e. The van der Waals surface area contributed by atoms with Gasteiger partial charge in [-0.2, -0.15) is 5.10 Å². The average Bonchev–Trinajstić information content (AvgIpc) is 3.49. The Balaban J connectivity index is 1.57. The van der Waals surface area contributed by atoms with Gasteiger partial charge >= 0.3 is 0 Å². The molecule has 3 aromatic heterocycles. The van der Waals surface area contributed by atoms with Crippen molar-refractivity contribution < 1.29 is 9.59 Å². The van der Waals surface area contributed by atoms with Crippen molar-refractivity contribution in [2.45, 2.75) is 33.2 Å². The monoisotopic (exact) mass is 486 g/mol. The fourth-order valence-corrected chi connectivity index (χ4v) is 5.55. The summed E-state index contributed by atoms with van der Waals surface area (Å²) in [5.74, 6) is -0.566. The van der Waals surface area contributed by atoms with Gasteiger partial charge in [-0.05, 0) is 63.1 Å². The molecule has 178 valence electrons. The predicted octanol–water partition coefficient (Wildman–Crippen LogP) is 4.12. The Morgan fingerprint density at radius 1 is 1.06 bits per heavy atom. The minimum atomic E-state index is -0.444. The van der Waals surface area contributed by atoms with E-state index in [4.69, 9.17) is 10.7 Å². The predicted molar refractivity (Wildman–Crippen MR) is 138 cm³/mol. The lowest BCUT2D eigenvalue weighted by Crippen LogP contribution is -2.17. The number of hydrogen-bond acceptors (Lipinski definition) is 5. The molecule has 0 atom stereocenters. The first-order valence-electron chi connectivity index (χ1n) is 11.4. The standard InChI is InChI=1S/C26H26N6O2S/c1-15-13-16(2)31(30-15)12-4-5-21-23(17-6-8-18(9-7-17)25(34)28-3)29-26-32(21)20-11-10-19(24(27)33)14-22(20)35-26/h6-11,13-14H,4-5,12H2,1-3H3,(H2,27,33)(H,28,34). The van der Waals surface area contributed by atoms with E-state index in [-0.39, 0.29) is 5.91 Å². The van der Waals surface area contributed by atoms with E-state index in [0.29, 0.717) is 11.1 Å². The topological polar surface area (TPSA) is 107 Å². The molecular weight excluding hydrogens is 460 g/mol. The van der Waals surface area contributed by atoms with Crippen molar-refractivity contribution in [3.8, 4) is 11.3 Å². The zero-order valence-electron chi connectivity index (χ0n) is 19.8. The van der Waals surface area contributed by atoms with E-state index in [0.717, 1.165) is 62.9 Å². The number of aryl methyl sites for hydroxylation is 4. The molecule has 3 heterocycles. The van der Waals surface area contributed by atoms with Crippen LogP contribution in [0.25, 0.3) is 26.4 Å². The lowest BCUT2D eigenvalue weighted by Gasteiger charge is -2.08.